The van der Waals surface area contributed by atoms with E-state index in [1.54, 1.807) is 20.8 Å². The molecule has 1 N–H and O–H groups in total. The number of amides is 1. The van der Waals surface area contributed by atoms with Gasteiger partial charge in [0.25, 0.3) is 0 Å². The topological polar surface area (TPSA) is 135 Å². The highest BCUT2D eigenvalue weighted by molar-refractivity contribution is 6.37. The number of rotatable bonds is 5. The number of nitrogens with zero attached hydrogens (tertiary/aromatic N) is 4. The molecule has 0 bridgehead atoms. The molecule has 0 atom stereocenters. The molecule has 0 aliphatic carbocycles. The highest BCUT2D eigenvalue weighted by atomic mass is 35.5. The number of azide groups is 1. The molecular formula is C23H19ClF3N5O5. The molecule has 0 saturated carbocycles. The number of nitrogens with one attached hydrogen (secondary N) is 1. The lowest BCUT2D eigenvalue weighted by Gasteiger charge is -2.20. The largest absolute Gasteiger partial charge is 0.462 e. The van der Waals surface area contributed by atoms with Gasteiger partial charge in [-0.05, 0) is 45.4 Å². The average molecular weight is 538 g/mol. The second-order valence-corrected chi connectivity index (χ2v) is 8.86. The Kier molecular flexibility index (Phi) is 7.70. The monoisotopic (exact) mass is 537 g/mol. The summed E-state index contributed by atoms with van der Waals surface area (Å²) < 4.78 is 55.1. The van der Waals surface area contributed by atoms with Gasteiger partial charge in [0.05, 0.1) is 39.6 Å². The normalized spacial score (nSPS) is 11.1. The van der Waals surface area contributed by atoms with Crippen LogP contribution in [0.15, 0.2) is 34.3 Å². The van der Waals surface area contributed by atoms with Gasteiger partial charge in [-0.25, -0.2) is 22.8 Å². The van der Waals surface area contributed by atoms with Gasteiger partial charge in [-0.15, -0.1) is 0 Å². The van der Waals surface area contributed by atoms with Crippen molar-refractivity contribution in [2.24, 2.45) is 5.11 Å². The Hall–Kier alpha value is -4.22. The van der Waals surface area contributed by atoms with Crippen molar-refractivity contribution in [3.63, 3.8) is 0 Å². The number of carbonyl (C=O) groups is 2. The number of ether oxygens (including phenoxy) is 2. The van der Waals surface area contributed by atoms with Crippen molar-refractivity contribution in [1.82, 2.24) is 4.57 Å². The lowest BCUT2D eigenvalue weighted by atomic mass is 10.1. The molecule has 3 rings (SSSR count). The predicted octanol–water partition coefficient (Wildman–Crippen LogP) is 6.53. The van der Waals surface area contributed by atoms with Gasteiger partial charge in [-0.3, -0.25) is 10.1 Å². The van der Waals surface area contributed by atoms with Crippen LogP contribution in [0.25, 0.3) is 27.0 Å². The fourth-order valence-corrected chi connectivity index (χ4v) is 3.64. The molecule has 1 heterocycles. The van der Waals surface area contributed by atoms with Crippen molar-refractivity contribution in [1.29, 1.82) is 0 Å². The molecule has 1 amide bonds. The van der Waals surface area contributed by atoms with E-state index in [0.717, 1.165) is 16.8 Å². The second-order valence-electron chi connectivity index (χ2n) is 8.48. The van der Waals surface area contributed by atoms with Crippen molar-refractivity contribution in [2.45, 2.75) is 33.3 Å². The molecule has 0 aliphatic heterocycles. The van der Waals surface area contributed by atoms with Crippen LogP contribution in [-0.2, 0) is 9.47 Å². The Bertz CT molecular complexity index is 1540. The molecule has 0 unspecified atom stereocenters. The standard InChI is InChI=1S/C23H19ClF3N5O5/c1-5-36-21(34)11-9-32(19-10(20(11)33)6-14(27)18(17(19)24)30-31-28)16-8-15(12(25)7-13(16)26)29-22(35)37-23(2,3)4/h6-9H,5H2,1-4H3,(H,29,35). The van der Waals surface area contributed by atoms with Gasteiger partial charge in [0.2, 0.25) is 5.43 Å². The summed E-state index contributed by atoms with van der Waals surface area (Å²) in [6.07, 6.45) is -0.188. The first-order valence-corrected chi connectivity index (χ1v) is 11.0. The SMILES string of the molecule is CCOC(=O)c1cn(-c2cc(NC(=O)OC(C)(C)C)c(F)cc2F)c2c(Cl)c(N=[N+]=[N-])c(F)cc2c1=O. The summed E-state index contributed by atoms with van der Waals surface area (Å²) in [5.74, 6) is -4.67. The minimum absolute atomic E-state index is 0.115. The van der Waals surface area contributed by atoms with Crippen LogP contribution in [0.4, 0.5) is 29.3 Å². The second kappa shape index (κ2) is 10.4. The highest BCUT2D eigenvalue weighted by Gasteiger charge is 2.25. The van der Waals surface area contributed by atoms with Gasteiger partial charge >= 0.3 is 12.1 Å². The fraction of sp³-hybridized carbons (Fsp3) is 0.261. The van der Waals surface area contributed by atoms with E-state index in [1.165, 1.54) is 6.92 Å². The molecule has 3 aromatic rings. The van der Waals surface area contributed by atoms with Gasteiger partial charge < -0.3 is 14.0 Å². The summed E-state index contributed by atoms with van der Waals surface area (Å²) in [5, 5.41) is 4.24. The van der Waals surface area contributed by atoms with E-state index >= 15 is 4.39 Å². The maximum atomic E-state index is 15.1. The lowest BCUT2D eigenvalue weighted by Crippen LogP contribution is -2.27. The van der Waals surface area contributed by atoms with Crippen molar-refractivity contribution in [3.05, 3.63) is 73.1 Å². The molecular weight excluding hydrogens is 519 g/mol. The summed E-state index contributed by atoms with van der Waals surface area (Å²) in [6.45, 7) is 6.09. The maximum absolute atomic E-state index is 15.1. The maximum Gasteiger partial charge on any atom is 0.412 e. The van der Waals surface area contributed by atoms with Crippen LogP contribution in [0.1, 0.15) is 38.1 Å². The van der Waals surface area contributed by atoms with Crippen LogP contribution in [0, 0.1) is 17.5 Å². The Morgan fingerprint density at radius 1 is 1.16 bits per heavy atom. The number of halogens is 4. The molecule has 0 spiro atoms. The fourth-order valence-electron chi connectivity index (χ4n) is 3.32. The molecule has 0 aliphatic rings. The first kappa shape index (κ1) is 27.4. The van der Waals surface area contributed by atoms with Crippen molar-refractivity contribution in [3.8, 4) is 5.69 Å². The number of anilines is 1. The van der Waals surface area contributed by atoms with Gasteiger partial charge in [0.15, 0.2) is 0 Å². The van der Waals surface area contributed by atoms with E-state index in [-0.39, 0.29) is 12.1 Å². The quantitative estimate of drug-likeness (QED) is 0.171. The summed E-state index contributed by atoms with van der Waals surface area (Å²) in [4.78, 5) is 40.1. The van der Waals surface area contributed by atoms with Gasteiger partial charge in [-0.1, -0.05) is 16.7 Å². The number of carbonyl (C=O) groups excluding carboxylic acids is 2. The number of hydrogen-bond acceptors (Lipinski definition) is 6. The highest BCUT2D eigenvalue weighted by Crippen LogP contribution is 2.37. The van der Waals surface area contributed by atoms with Crippen LogP contribution >= 0.6 is 11.6 Å². The Balaban J connectivity index is 2.40. The van der Waals surface area contributed by atoms with Crippen LogP contribution in [-0.4, -0.2) is 28.8 Å². The van der Waals surface area contributed by atoms with E-state index in [4.69, 9.17) is 26.6 Å². The minimum atomic E-state index is -1.21. The molecule has 194 valence electrons. The van der Waals surface area contributed by atoms with Gasteiger partial charge in [0.1, 0.15) is 28.6 Å². The Morgan fingerprint density at radius 3 is 2.43 bits per heavy atom. The molecule has 37 heavy (non-hydrogen) atoms. The molecule has 14 heteroatoms. The van der Waals surface area contributed by atoms with E-state index in [2.05, 4.69) is 15.3 Å². The van der Waals surface area contributed by atoms with Gasteiger partial charge in [-0.2, -0.15) is 0 Å². The third-order valence-corrected chi connectivity index (χ3v) is 5.09. The first-order chi connectivity index (χ1) is 17.3. The Labute approximate surface area is 212 Å². The predicted molar refractivity (Wildman–Crippen MR) is 129 cm³/mol. The van der Waals surface area contributed by atoms with E-state index in [1.807, 2.05) is 0 Å². The Morgan fingerprint density at radius 2 is 1.84 bits per heavy atom. The van der Waals surface area contributed by atoms with Crippen LogP contribution < -0.4 is 10.7 Å². The van der Waals surface area contributed by atoms with Crippen LogP contribution in [0.5, 0.6) is 0 Å². The first-order valence-electron chi connectivity index (χ1n) is 10.6. The molecule has 10 nitrogen and oxygen atoms in total. The average Bonchev–Trinajstić information content (AvgIpc) is 2.78. The number of benzene rings is 2. The van der Waals surface area contributed by atoms with Crippen molar-refractivity contribution >= 4 is 45.9 Å². The summed E-state index contributed by atoms with van der Waals surface area (Å²) >= 11 is 6.26. The summed E-state index contributed by atoms with van der Waals surface area (Å²) in [7, 11) is 0. The zero-order chi connectivity index (χ0) is 27.7. The number of aromatic nitrogens is 1. The number of esters is 1. The van der Waals surface area contributed by atoms with E-state index in [9.17, 15) is 23.2 Å². The molecule has 2 aromatic carbocycles. The summed E-state index contributed by atoms with van der Waals surface area (Å²) in [6, 6.07) is 1.94. The lowest BCUT2D eigenvalue weighted by molar-refractivity contribution is 0.0523. The third-order valence-electron chi connectivity index (χ3n) is 4.73. The molecule has 1 aromatic heterocycles. The molecule has 0 saturated heterocycles. The zero-order valence-electron chi connectivity index (χ0n) is 19.9. The van der Waals surface area contributed by atoms with Gasteiger partial charge in [0, 0.05) is 17.2 Å². The van der Waals surface area contributed by atoms with E-state index < -0.39 is 73.6 Å². The van der Waals surface area contributed by atoms with Crippen molar-refractivity contribution in [2.75, 3.05) is 11.9 Å². The van der Waals surface area contributed by atoms with E-state index in [0.29, 0.717) is 12.1 Å². The van der Waals surface area contributed by atoms with Crippen LogP contribution in [0.2, 0.25) is 5.02 Å². The zero-order valence-corrected chi connectivity index (χ0v) is 20.6. The molecule has 0 radical (unpaired) electrons. The molecule has 0 fully saturated rings. The third kappa shape index (κ3) is 5.63. The number of pyridine rings is 1. The number of hydrogen-bond donors (Lipinski definition) is 1. The van der Waals surface area contributed by atoms with Crippen LogP contribution in [0.3, 0.4) is 0 Å². The summed E-state index contributed by atoms with van der Waals surface area (Å²) in [5.41, 5.74) is 4.12. The van der Waals surface area contributed by atoms with Crippen molar-refractivity contribution < 1.29 is 32.2 Å². The smallest absolute Gasteiger partial charge is 0.412 e. The number of fused-ring (bicyclic) bond motifs is 1. The minimum Gasteiger partial charge on any atom is -0.462 e.